The predicted molar refractivity (Wildman–Crippen MR) is 99.0 cm³/mol. The Morgan fingerprint density at radius 1 is 0.935 bits per heavy atom. The number of aldehydes is 1. The number of nitrogens with zero attached hydrogens (tertiary/aromatic N) is 2. The highest BCUT2D eigenvalue weighted by atomic mass is 19.4. The molecule has 0 aliphatic carbocycles. The van der Waals surface area contributed by atoms with Gasteiger partial charge in [0.05, 0.1) is 16.7 Å². The first kappa shape index (κ1) is 21.5. The van der Waals surface area contributed by atoms with Crippen LogP contribution in [0, 0.1) is 0 Å². The van der Waals surface area contributed by atoms with Crippen molar-refractivity contribution >= 4 is 12.1 Å². The van der Waals surface area contributed by atoms with E-state index in [1.807, 2.05) is 4.90 Å². The number of carbonyl (C=O) groups is 1. The van der Waals surface area contributed by atoms with Crippen LogP contribution in [0.15, 0.2) is 36.5 Å². The minimum atomic E-state index is -4.56. The minimum Gasteiger partial charge on any atom is -0.490 e. The molecule has 2 aliphatic rings. The van der Waals surface area contributed by atoms with Gasteiger partial charge in [-0.05, 0) is 43.2 Å². The molecule has 3 heterocycles. The second kappa shape index (κ2) is 7.72. The molecule has 1 aromatic carbocycles. The second-order valence-corrected chi connectivity index (χ2v) is 7.77. The number of fused-ring (bicyclic) bond motifs is 2. The lowest BCUT2D eigenvalue weighted by atomic mass is 9.99. The molecule has 4 nitrogen and oxygen atoms in total. The highest BCUT2D eigenvalue weighted by Crippen LogP contribution is 2.41. The smallest absolute Gasteiger partial charge is 0.417 e. The monoisotopic (exact) mass is 444 g/mol. The number of hydrogen-bond acceptors (Lipinski definition) is 4. The van der Waals surface area contributed by atoms with Crippen LogP contribution < -0.4 is 9.64 Å². The molecule has 2 bridgehead atoms. The summed E-state index contributed by atoms with van der Waals surface area (Å²) in [7, 11) is 0. The molecule has 0 N–H and O–H groups in total. The van der Waals surface area contributed by atoms with Gasteiger partial charge in [-0.15, -0.1) is 0 Å². The van der Waals surface area contributed by atoms with E-state index >= 15 is 0 Å². The number of halogens is 6. The fourth-order valence-electron chi connectivity index (χ4n) is 4.41. The lowest BCUT2D eigenvalue weighted by Gasteiger charge is -2.39. The standard InChI is InChI=1S/C21H18F6N2O2/c22-20(23,24)13-1-5-18(12(7-13)11-30)31-17-8-15-3-4-16(9-17)29(15)19-6-2-14(10-28-19)21(25,26)27/h1-2,5-7,10-11,15-17H,3-4,8-9H2/t15-,16+,17+. The molecule has 2 aromatic rings. The molecule has 0 unspecified atom stereocenters. The van der Waals surface area contributed by atoms with Crippen LogP contribution in [0.1, 0.15) is 47.2 Å². The van der Waals surface area contributed by atoms with Gasteiger partial charge in [-0.3, -0.25) is 4.79 Å². The number of ether oxygens (including phenoxy) is 1. The molecule has 0 saturated carbocycles. The third kappa shape index (κ3) is 4.33. The molecule has 166 valence electrons. The van der Waals surface area contributed by atoms with Crippen molar-refractivity contribution in [3.05, 3.63) is 53.2 Å². The zero-order valence-corrected chi connectivity index (χ0v) is 16.1. The van der Waals surface area contributed by atoms with Crippen molar-refractivity contribution in [3.63, 3.8) is 0 Å². The van der Waals surface area contributed by atoms with Gasteiger partial charge in [0.15, 0.2) is 6.29 Å². The third-order valence-electron chi connectivity index (χ3n) is 5.79. The summed E-state index contributed by atoms with van der Waals surface area (Å²) in [5.41, 5.74) is -1.91. The molecule has 10 heteroatoms. The SMILES string of the molecule is O=Cc1cc(C(F)(F)F)ccc1O[C@H]1C[C@H]2CC[C@@H](C1)N2c1ccc(C(F)(F)F)cn1. The number of alkyl halides is 6. The van der Waals surface area contributed by atoms with Crippen molar-refractivity contribution in [2.75, 3.05) is 4.90 Å². The number of pyridine rings is 1. The Hall–Kier alpha value is -2.78. The quantitative estimate of drug-likeness (QED) is 0.461. The number of rotatable bonds is 4. The van der Waals surface area contributed by atoms with Crippen LogP contribution in [0.5, 0.6) is 5.75 Å². The largest absolute Gasteiger partial charge is 0.490 e. The van der Waals surface area contributed by atoms with Crippen molar-refractivity contribution in [2.24, 2.45) is 0 Å². The third-order valence-corrected chi connectivity index (χ3v) is 5.79. The zero-order chi connectivity index (χ0) is 22.4. The molecule has 3 atom stereocenters. The minimum absolute atomic E-state index is 0.0119. The molecule has 2 aliphatic heterocycles. The summed E-state index contributed by atoms with van der Waals surface area (Å²) in [5, 5.41) is 0. The van der Waals surface area contributed by atoms with Crippen molar-refractivity contribution in [1.29, 1.82) is 0 Å². The molecule has 2 fully saturated rings. The average molecular weight is 444 g/mol. The van der Waals surface area contributed by atoms with Gasteiger partial charge in [-0.25, -0.2) is 4.98 Å². The topological polar surface area (TPSA) is 42.4 Å². The normalized spacial score (nSPS) is 23.7. The first-order valence-corrected chi connectivity index (χ1v) is 9.71. The van der Waals surface area contributed by atoms with Crippen molar-refractivity contribution < 1.29 is 35.9 Å². The van der Waals surface area contributed by atoms with E-state index in [2.05, 4.69) is 4.98 Å². The number of piperidine rings is 1. The van der Waals surface area contributed by atoms with E-state index in [1.54, 1.807) is 0 Å². The summed E-state index contributed by atoms with van der Waals surface area (Å²) in [5.74, 6) is 0.551. The van der Waals surface area contributed by atoms with Gasteiger partial charge in [0, 0.05) is 31.1 Å². The van der Waals surface area contributed by atoms with Gasteiger partial charge in [-0.1, -0.05) is 0 Å². The number of anilines is 1. The van der Waals surface area contributed by atoms with E-state index in [1.165, 1.54) is 6.07 Å². The summed E-state index contributed by atoms with van der Waals surface area (Å²) < 4.78 is 82.8. The van der Waals surface area contributed by atoms with E-state index in [0.29, 0.717) is 24.9 Å². The molecule has 0 spiro atoms. The van der Waals surface area contributed by atoms with Crippen LogP contribution in [0.2, 0.25) is 0 Å². The number of carbonyl (C=O) groups excluding carboxylic acids is 1. The molecule has 0 radical (unpaired) electrons. The fraction of sp³-hybridized carbons (Fsp3) is 0.429. The fourth-order valence-corrected chi connectivity index (χ4v) is 4.41. The van der Waals surface area contributed by atoms with Crippen LogP contribution >= 0.6 is 0 Å². The molecule has 0 amide bonds. The maximum Gasteiger partial charge on any atom is 0.417 e. The Labute approximate surface area is 173 Å². The van der Waals surface area contributed by atoms with Gasteiger partial charge >= 0.3 is 12.4 Å². The van der Waals surface area contributed by atoms with E-state index in [9.17, 15) is 31.1 Å². The summed E-state index contributed by atoms with van der Waals surface area (Å²) in [6.45, 7) is 0. The molecule has 31 heavy (non-hydrogen) atoms. The molecular formula is C21H18F6N2O2. The Morgan fingerprint density at radius 2 is 1.55 bits per heavy atom. The van der Waals surface area contributed by atoms with E-state index in [4.69, 9.17) is 4.74 Å². The maximum absolute atomic E-state index is 12.9. The van der Waals surface area contributed by atoms with Crippen LogP contribution in [-0.2, 0) is 12.4 Å². The Kier molecular flexibility index (Phi) is 5.35. The average Bonchev–Trinajstić information content (AvgIpc) is 2.97. The Balaban J connectivity index is 1.48. The van der Waals surface area contributed by atoms with Crippen LogP contribution in [0.25, 0.3) is 0 Å². The summed E-state index contributed by atoms with van der Waals surface area (Å²) >= 11 is 0. The van der Waals surface area contributed by atoms with Gasteiger partial charge in [-0.2, -0.15) is 26.3 Å². The van der Waals surface area contributed by atoms with Crippen LogP contribution in [0.3, 0.4) is 0 Å². The Morgan fingerprint density at radius 3 is 2.06 bits per heavy atom. The first-order chi connectivity index (χ1) is 14.6. The molecular weight excluding hydrogens is 426 g/mol. The van der Waals surface area contributed by atoms with Crippen molar-refractivity contribution in [1.82, 2.24) is 4.98 Å². The van der Waals surface area contributed by atoms with Crippen molar-refractivity contribution in [3.8, 4) is 5.75 Å². The summed E-state index contributed by atoms with van der Waals surface area (Å²) in [6, 6.07) is 5.12. The first-order valence-electron chi connectivity index (χ1n) is 9.71. The van der Waals surface area contributed by atoms with Gasteiger partial charge in [0.25, 0.3) is 0 Å². The number of benzene rings is 1. The lowest BCUT2D eigenvalue weighted by molar-refractivity contribution is -0.138. The number of hydrogen-bond donors (Lipinski definition) is 0. The predicted octanol–water partition coefficient (Wildman–Crippen LogP) is 5.51. The second-order valence-electron chi connectivity index (χ2n) is 7.77. The highest BCUT2D eigenvalue weighted by Gasteiger charge is 2.43. The summed E-state index contributed by atoms with van der Waals surface area (Å²) in [4.78, 5) is 17.3. The molecule has 2 saturated heterocycles. The summed E-state index contributed by atoms with van der Waals surface area (Å²) in [6.07, 6.45) is -5.52. The Bertz CT molecular complexity index is 944. The van der Waals surface area contributed by atoms with Crippen LogP contribution in [0.4, 0.5) is 32.2 Å². The lowest BCUT2D eigenvalue weighted by Crippen LogP contribution is -2.47. The van der Waals surface area contributed by atoms with E-state index in [-0.39, 0.29) is 29.5 Å². The van der Waals surface area contributed by atoms with Gasteiger partial charge < -0.3 is 9.64 Å². The van der Waals surface area contributed by atoms with E-state index < -0.39 is 23.5 Å². The molecule has 4 rings (SSSR count). The highest BCUT2D eigenvalue weighted by molar-refractivity contribution is 5.79. The molecule has 1 aromatic heterocycles. The zero-order valence-electron chi connectivity index (χ0n) is 16.1. The number of aromatic nitrogens is 1. The van der Waals surface area contributed by atoms with Gasteiger partial charge in [0.1, 0.15) is 17.7 Å². The van der Waals surface area contributed by atoms with Crippen molar-refractivity contribution in [2.45, 2.75) is 56.2 Å². The van der Waals surface area contributed by atoms with E-state index in [0.717, 1.165) is 43.3 Å². The van der Waals surface area contributed by atoms with Gasteiger partial charge in [0.2, 0.25) is 0 Å². The van der Waals surface area contributed by atoms with Crippen LogP contribution in [-0.4, -0.2) is 29.5 Å². The maximum atomic E-state index is 12.9.